The SMILES string of the molecule is CCOc1ccc(CN(CCc2c[nH]c3ccccc23)C(=O)CN(CCOC)C(=O)CC(C)(C)C)cc1. The number of ether oxygens (including phenoxy) is 2. The average molecular weight is 508 g/mol. The van der Waals surface area contributed by atoms with Crippen LogP contribution in [0.15, 0.2) is 54.7 Å². The van der Waals surface area contributed by atoms with Gasteiger partial charge in [-0.1, -0.05) is 51.1 Å². The second-order valence-corrected chi connectivity index (χ2v) is 10.5. The van der Waals surface area contributed by atoms with Crippen LogP contribution in [0.25, 0.3) is 10.9 Å². The van der Waals surface area contributed by atoms with Gasteiger partial charge in [0.15, 0.2) is 0 Å². The highest BCUT2D eigenvalue weighted by atomic mass is 16.5. The molecule has 200 valence electrons. The number of hydrogen-bond acceptors (Lipinski definition) is 4. The normalized spacial score (nSPS) is 11.5. The molecule has 0 fully saturated rings. The number of hydrogen-bond donors (Lipinski definition) is 1. The summed E-state index contributed by atoms with van der Waals surface area (Å²) in [6, 6.07) is 16.0. The molecular weight excluding hydrogens is 466 g/mol. The Morgan fingerprint density at radius 2 is 1.68 bits per heavy atom. The fourth-order valence-electron chi connectivity index (χ4n) is 4.29. The first kappa shape index (κ1) is 28.3. The number of nitrogens with zero attached hydrogens (tertiary/aromatic N) is 2. The number of benzene rings is 2. The maximum Gasteiger partial charge on any atom is 0.242 e. The zero-order valence-corrected chi connectivity index (χ0v) is 22.9. The fraction of sp³-hybridized carbons (Fsp3) is 0.467. The molecule has 0 saturated carbocycles. The third-order valence-corrected chi connectivity index (χ3v) is 6.21. The van der Waals surface area contributed by atoms with E-state index in [0.717, 1.165) is 22.2 Å². The highest BCUT2D eigenvalue weighted by Gasteiger charge is 2.25. The van der Waals surface area contributed by atoms with Gasteiger partial charge in [-0.25, -0.2) is 0 Å². The number of rotatable bonds is 13. The molecular formula is C30H41N3O4. The number of H-pyrrole nitrogens is 1. The number of carbonyl (C=O) groups is 2. The van der Waals surface area contributed by atoms with Crippen LogP contribution in [0.1, 0.15) is 45.2 Å². The number of aromatic amines is 1. The fourth-order valence-corrected chi connectivity index (χ4v) is 4.29. The van der Waals surface area contributed by atoms with Crippen LogP contribution >= 0.6 is 0 Å². The van der Waals surface area contributed by atoms with Gasteiger partial charge in [-0.05, 0) is 48.1 Å². The third kappa shape index (κ3) is 8.64. The zero-order valence-electron chi connectivity index (χ0n) is 22.9. The molecule has 0 aliphatic rings. The summed E-state index contributed by atoms with van der Waals surface area (Å²) >= 11 is 0. The van der Waals surface area contributed by atoms with E-state index in [1.165, 1.54) is 5.56 Å². The van der Waals surface area contributed by atoms with Gasteiger partial charge >= 0.3 is 0 Å². The largest absolute Gasteiger partial charge is 0.494 e. The predicted octanol–water partition coefficient (Wildman–Crippen LogP) is 5.05. The lowest BCUT2D eigenvalue weighted by atomic mass is 9.91. The van der Waals surface area contributed by atoms with E-state index in [1.807, 2.05) is 75.2 Å². The Hall–Kier alpha value is -3.32. The van der Waals surface area contributed by atoms with Crippen molar-refractivity contribution in [1.82, 2.24) is 14.8 Å². The van der Waals surface area contributed by atoms with Crippen molar-refractivity contribution < 1.29 is 19.1 Å². The Kier molecular flexibility index (Phi) is 10.1. The molecule has 0 atom stereocenters. The van der Waals surface area contributed by atoms with Gasteiger partial charge in [0.05, 0.1) is 19.8 Å². The highest BCUT2D eigenvalue weighted by molar-refractivity contribution is 5.85. The number of amides is 2. The minimum absolute atomic E-state index is 0.0309. The Morgan fingerprint density at radius 1 is 0.946 bits per heavy atom. The van der Waals surface area contributed by atoms with Crippen molar-refractivity contribution in [1.29, 1.82) is 0 Å². The molecule has 7 heteroatoms. The maximum absolute atomic E-state index is 13.6. The van der Waals surface area contributed by atoms with Crippen LogP contribution < -0.4 is 4.74 Å². The van der Waals surface area contributed by atoms with Crippen molar-refractivity contribution in [3.05, 3.63) is 65.9 Å². The number of carbonyl (C=O) groups excluding carboxylic acids is 2. The molecule has 3 rings (SSSR count). The van der Waals surface area contributed by atoms with Gasteiger partial charge in [0.1, 0.15) is 5.75 Å². The molecule has 0 spiro atoms. The summed E-state index contributed by atoms with van der Waals surface area (Å²) in [5.41, 5.74) is 3.10. The molecule has 37 heavy (non-hydrogen) atoms. The molecule has 0 unspecified atom stereocenters. The number of nitrogens with one attached hydrogen (secondary N) is 1. The molecule has 1 N–H and O–H groups in total. The topological polar surface area (TPSA) is 74.9 Å². The predicted molar refractivity (Wildman–Crippen MR) is 148 cm³/mol. The van der Waals surface area contributed by atoms with Crippen molar-refractivity contribution >= 4 is 22.7 Å². The molecule has 0 aliphatic heterocycles. The first-order valence-corrected chi connectivity index (χ1v) is 13.0. The summed E-state index contributed by atoms with van der Waals surface area (Å²) in [7, 11) is 1.60. The average Bonchev–Trinajstić information content (AvgIpc) is 3.27. The molecule has 0 bridgehead atoms. The van der Waals surface area contributed by atoms with Crippen LogP contribution in [0.2, 0.25) is 0 Å². The summed E-state index contributed by atoms with van der Waals surface area (Å²) in [4.78, 5) is 33.5. The zero-order chi connectivity index (χ0) is 26.8. The van der Waals surface area contributed by atoms with Crippen molar-refractivity contribution in [3.8, 4) is 5.75 Å². The van der Waals surface area contributed by atoms with E-state index in [4.69, 9.17) is 9.47 Å². The Bertz CT molecular complexity index is 1150. The summed E-state index contributed by atoms with van der Waals surface area (Å²) < 4.78 is 10.8. The summed E-state index contributed by atoms with van der Waals surface area (Å²) in [6.45, 7) is 10.4. The smallest absolute Gasteiger partial charge is 0.242 e. The van der Waals surface area contributed by atoms with Crippen molar-refractivity contribution in [2.45, 2.75) is 47.1 Å². The number of aromatic nitrogens is 1. The molecule has 2 aromatic carbocycles. The summed E-state index contributed by atoms with van der Waals surface area (Å²) in [5, 5.41) is 1.16. The van der Waals surface area contributed by atoms with Gasteiger partial charge in [-0.3, -0.25) is 9.59 Å². The molecule has 1 heterocycles. The van der Waals surface area contributed by atoms with E-state index in [0.29, 0.717) is 45.7 Å². The lowest BCUT2D eigenvalue weighted by Crippen LogP contribution is -2.45. The molecule has 1 aromatic heterocycles. The van der Waals surface area contributed by atoms with Crippen LogP contribution in [-0.2, 0) is 27.3 Å². The first-order valence-electron chi connectivity index (χ1n) is 13.0. The molecule has 0 saturated heterocycles. The van der Waals surface area contributed by atoms with E-state index in [2.05, 4.69) is 17.1 Å². The first-order chi connectivity index (χ1) is 17.7. The second-order valence-electron chi connectivity index (χ2n) is 10.5. The molecule has 2 amide bonds. The highest BCUT2D eigenvalue weighted by Crippen LogP contribution is 2.21. The van der Waals surface area contributed by atoms with E-state index in [1.54, 1.807) is 12.0 Å². The maximum atomic E-state index is 13.6. The number of fused-ring (bicyclic) bond motifs is 1. The van der Waals surface area contributed by atoms with Gasteiger partial charge < -0.3 is 24.3 Å². The molecule has 3 aromatic rings. The number of methoxy groups -OCH3 is 1. The van der Waals surface area contributed by atoms with Crippen LogP contribution in [0.3, 0.4) is 0 Å². The molecule has 0 radical (unpaired) electrons. The van der Waals surface area contributed by atoms with Crippen LogP contribution in [0.5, 0.6) is 5.75 Å². The van der Waals surface area contributed by atoms with E-state index in [9.17, 15) is 9.59 Å². The lowest BCUT2D eigenvalue weighted by Gasteiger charge is -2.29. The Morgan fingerprint density at radius 3 is 2.35 bits per heavy atom. The van der Waals surface area contributed by atoms with Crippen LogP contribution in [-0.4, -0.2) is 66.6 Å². The molecule has 7 nitrogen and oxygen atoms in total. The second kappa shape index (κ2) is 13.3. The van der Waals surface area contributed by atoms with Gasteiger partial charge in [-0.2, -0.15) is 0 Å². The van der Waals surface area contributed by atoms with Gasteiger partial charge in [0.25, 0.3) is 0 Å². The monoisotopic (exact) mass is 507 g/mol. The van der Waals surface area contributed by atoms with E-state index in [-0.39, 0.29) is 23.8 Å². The third-order valence-electron chi connectivity index (χ3n) is 6.21. The van der Waals surface area contributed by atoms with Gasteiger partial charge in [0, 0.05) is 50.3 Å². The van der Waals surface area contributed by atoms with Crippen LogP contribution in [0, 0.1) is 5.41 Å². The van der Waals surface area contributed by atoms with Gasteiger partial charge in [-0.15, -0.1) is 0 Å². The standard InChI is InChI=1S/C30H41N3O4/c1-6-37-25-13-11-23(12-14-25)21-32(16-15-24-20-31-27-10-8-7-9-26(24)27)29(35)22-33(17-18-36-5)28(34)19-30(2,3)4/h7-14,20,31H,6,15-19,21-22H2,1-5H3. The van der Waals surface area contributed by atoms with Crippen LogP contribution in [0.4, 0.5) is 0 Å². The minimum atomic E-state index is -0.164. The summed E-state index contributed by atoms with van der Waals surface area (Å²) in [6.07, 6.45) is 3.10. The Balaban J connectivity index is 1.78. The van der Waals surface area contributed by atoms with Gasteiger partial charge in [0.2, 0.25) is 11.8 Å². The van der Waals surface area contributed by atoms with Crippen molar-refractivity contribution in [3.63, 3.8) is 0 Å². The van der Waals surface area contributed by atoms with E-state index < -0.39 is 0 Å². The lowest BCUT2D eigenvalue weighted by molar-refractivity contribution is -0.142. The summed E-state index contributed by atoms with van der Waals surface area (Å²) in [5.74, 6) is 0.698. The molecule has 0 aliphatic carbocycles. The van der Waals surface area contributed by atoms with Crippen molar-refractivity contribution in [2.24, 2.45) is 5.41 Å². The van der Waals surface area contributed by atoms with Crippen molar-refractivity contribution in [2.75, 3.05) is 40.0 Å². The Labute approximate surface area is 220 Å². The number of para-hydroxylation sites is 1. The van der Waals surface area contributed by atoms with E-state index >= 15 is 0 Å². The minimum Gasteiger partial charge on any atom is -0.494 e. The quantitative estimate of drug-likeness (QED) is 0.351.